The molecule has 9 heteroatoms. The lowest BCUT2D eigenvalue weighted by molar-refractivity contribution is -0.137. The van der Waals surface area contributed by atoms with Gasteiger partial charge in [0.1, 0.15) is 0 Å². The smallest absolute Gasteiger partial charge is 0.309 e. The summed E-state index contributed by atoms with van der Waals surface area (Å²) >= 11 is 0. The molecule has 10 aromatic carbocycles. The number of alkyl halides is 3. The first kappa shape index (κ1) is 41.2. The van der Waals surface area contributed by atoms with Gasteiger partial charge in [-0.25, -0.2) is 0 Å². The minimum atomic E-state index is -4.85. The molecular weight excluding hydrogens is 898 g/mol. The van der Waals surface area contributed by atoms with Crippen LogP contribution < -0.4 is 0 Å². The van der Waals surface area contributed by atoms with Crippen LogP contribution in [0.15, 0.2) is 212 Å². The Morgan fingerprint density at radius 3 is 1.22 bits per heavy atom. The zero-order valence-corrected chi connectivity index (χ0v) is 38.0. The minimum absolute atomic E-state index is 0.00265. The molecule has 4 heterocycles. The van der Waals surface area contributed by atoms with Gasteiger partial charge in [0.25, 0.3) is 0 Å². The van der Waals surface area contributed by atoms with Gasteiger partial charge in [0.2, 0.25) is 0 Å². The van der Waals surface area contributed by atoms with E-state index in [-0.39, 0.29) is 22.3 Å². The van der Waals surface area contributed by atoms with Crippen LogP contribution in [0.3, 0.4) is 0 Å². The Balaban J connectivity index is 1.23. The molecule has 0 aliphatic carbocycles. The highest BCUT2D eigenvalue weighted by Crippen LogP contribution is 2.49. The van der Waals surface area contributed by atoms with Crippen molar-refractivity contribution in [3.63, 3.8) is 0 Å². The first-order valence-corrected chi connectivity index (χ1v) is 23.5. The van der Waals surface area contributed by atoms with Crippen molar-refractivity contribution in [1.82, 2.24) is 18.3 Å². The molecule has 6 nitrogen and oxygen atoms in total. The molecule has 0 bridgehead atoms. The number of nitriles is 2. The second-order valence-electron chi connectivity index (χ2n) is 18.1. The molecule has 14 rings (SSSR count). The Hall–Kier alpha value is -9.83. The molecule has 14 aromatic rings. The van der Waals surface area contributed by atoms with Crippen LogP contribution in [0.25, 0.3) is 121 Å². The molecule has 0 amide bonds. The fraction of sp³-hybridized carbons (Fsp3) is 0.0159. The average Bonchev–Trinajstić information content (AvgIpc) is 4.15. The molecule has 0 spiro atoms. The third-order valence-corrected chi connectivity index (χ3v) is 14.4. The largest absolute Gasteiger partial charge is 0.417 e. The summed E-state index contributed by atoms with van der Waals surface area (Å²) in [6, 6.07) is 73.3. The molecule has 0 aliphatic rings. The second-order valence-corrected chi connectivity index (χ2v) is 18.1. The quantitative estimate of drug-likeness (QED) is 0.173. The van der Waals surface area contributed by atoms with Gasteiger partial charge in [-0.2, -0.15) is 23.7 Å². The summed E-state index contributed by atoms with van der Waals surface area (Å²) in [4.78, 5) is 0. The van der Waals surface area contributed by atoms with Crippen molar-refractivity contribution >= 4 is 87.2 Å². The van der Waals surface area contributed by atoms with E-state index in [9.17, 15) is 10.5 Å². The van der Waals surface area contributed by atoms with Crippen LogP contribution in [-0.4, -0.2) is 18.3 Å². The van der Waals surface area contributed by atoms with Crippen LogP contribution in [0.2, 0.25) is 0 Å². The normalized spacial score (nSPS) is 12.1. The van der Waals surface area contributed by atoms with Crippen LogP contribution in [0.5, 0.6) is 0 Å². The molecule has 0 fully saturated rings. The third-order valence-electron chi connectivity index (χ3n) is 14.4. The second kappa shape index (κ2) is 15.3. The molecule has 0 saturated heterocycles. The van der Waals surface area contributed by atoms with Crippen LogP contribution in [0, 0.1) is 22.7 Å². The predicted octanol–water partition coefficient (Wildman–Crippen LogP) is 16.5. The summed E-state index contributed by atoms with van der Waals surface area (Å²) in [6.45, 7) is 0. The van der Waals surface area contributed by atoms with Crippen molar-refractivity contribution < 1.29 is 13.2 Å². The van der Waals surface area contributed by atoms with Crippen molar-refractivity contribution in [2.75, 3.05) is 0 Å². The summed E-state index contributed by atoms with van der Waals surface area (Å²) in [7, 11) is 0. The highest BCUT2D eigenvalue weighted by Gasteiger charge is 2.36. The van der Waals surface area contributed by atoms with E-state index in [1.54, 1.807) is 12.1 Å². The number of hydrogen-bond acceptors (Lipinski definition) is 2. The van der Waals surface area contributed by atoms with Crippen molar-refractivity contribution in [2.45, 2.75) is 6.18 Å². The van der Waals surface area contributed by atoms with Crippen LogP contribution >= 0.6 is 0 Å². The van der Waals surface area contributed by atoms with Gasteiger partial charge in [-0.15, -0.1) is 0 Å². The van der Waals surface area contributed by atoms with E-state index < -0.39 is 11.7 Å². The van der Waals surface area contributed by atoms with Gasteiger partial charge < -0.3 is 18.3 Å². The molecule has 0 aliphatic heterocycles. The van der Waals surface area contributed by atoms with E-state index in [1.807, 2.05) is 91.0 Å². The van der Waals surface area contributed by atoms with Gasteiger partial charge in [0.05, 0.1) is 84.3 Å². The zero-order chi connectivity index (χ0) is 48.4. The summed E-state index contributed by atoms with van der Waals surface area (Å²) < 4.78 is 55.1. The number of para-hydroxylation sites is 6. The summed E-state index contributed by atoms with van der Waals surface area (Å²) in [6.07, 6.45) is -4.85. The van der Waals surface area contributed by atoms with E-state index in [0.29, 0.717) is 11.4 Å². The van der Waals surface area contributed by atoms with E-state index in [0.717, 1.165) is 105 Å². The Morgan fingerprint density at radius 1 is 0.347 bits per heavy atom. The molecule has 0 unspecified atom stereocenters. The predicted molar refractivity (Wildman–Crippen MR) is 284 cm³/mol. The van der Waals surface area contributed by atoms with Gasteiger partial charge in [0, 0.05) is 65.6 Å². The summed E-state index contributed by atoms with van der Waals surface area (Å²) in [5.74, 6) is 0. The van der Waals surface area contributed by atoms with Crippen molar-refractivity contribution in [1.29, 1.82) is 10.5 Å². The average molecular weight is 933 g/mol. The van der Waals surface area contributed by atoms with Gasteiger partial charge in [0.15, 0.2) is 0 Å². The third kappa shape index (κ3) is 5.70. The summed E-state index contributed by atoms with van der Waals surface area (Å²) in [5, 5.41) is 29.6. The lowest BCUT2D eigenvalue weighted by Gasteiger charge is -2.22. The first-order valence-electron chi connectivity index (χ1n) is 23.5. The van der Waals surface area contributed by atoms with E-state index in [4.69, 9.17) is 0 Å². The van der Waals surface area contributed by atoms with Crippen molar-refractivity contribution in [3.8, 4) is 46.0 Å². The summed E-state index contributed by atoms with van der Waals surface area (Å²) in [5.41, 5.74) is 8.75. The molecule has 0 N–H and O–H groups in total. The maximum absolute atomic E-state index is 15.4. The van der Waals surface area contributed by atoms with Crippen LogP contribution in [-0.2, 0) is 6.18 Å². The molecular formula is C63H35F3N6. The van der Waals surface area contributed by atoms with Gasteiger partial charge in [-0.1, -0.05) is 127 Å². The fourth-order valence-corrected chi connectivity index (χ4v) is 11.6. The highest BCUT2D eigenvalue weighted by atomic mass is 19.4. The number of nitrogens with zero attached hydrogens (tertiary/aromatic N) is 6. The maximum Gasteiger partial charge on any atom is 0.417 e. The standard InChI is InChI=1S/C63H35F3N6/c64-63(65,66)49-25-15-16-38(36-67)58(49)48-35-57(72-51-27-12-8-22-43(51)45-31-33-55-60(62(45)72)47-24-10-14-29-53(47)70(55)41-19-5-2-6-20-41)56(34-39(48)37-68)71-50-26-11-7-21-42(50)44-30-32-54-59(61(44)71)46-23-9-13-28-52(46)69(54)40-17-3-1-4-18-40/h1-35H. The van der Waals surface area contributed by atoms with Crippen molar-refractivity contribution in [3.05, 3.63) is 229 Å². The van der Waals surface area contributed by atoms with E-state index >= 15 is 13.2 Å². The zero-order valence-electron chi connectivity index (χ0n) is 38.0. The van der Waals surface area contributed by atoms with Crippen LogP contribution in [0.1, 0.15) is 16.7 Å². The monoisotopic (exact) mass is 932 g/mol. The van der Waals surface area contributed by atoms with E-state index in [2.05, 4.69) is 121 Å². The lowest BCUT2D eigenvalue weighted by Crippen LogP contribution is -2.10. The minimum Gasteiger partial charge on any atom is -0.309 e. The number of halogens is 3. The fourth-order valence-electron chi connectivity index (χ4n) is 11.6. The molecule has 4 aromatic heterocycles. The Morgan fingerprint density at radius 2 is 0.764 bits per heavy atom. The molecule has 338 valence electrons. The molecule has 72 heavy (non-hydrogen) atoms. The molecule has 0 saturated carbocycles. The number of fused-ring (bicyclic) bond motifs is 14. The molecule has 0 atom stereocenters. The maximum atomic E-state index is 15.4. The van der Waals surface area contributed by atoms with Gasteiger partial charge in [-0.05, 0) is 84.9 Å². The molecule has 0 radical (unpaired) electrons. The van der Waals surface area contributed by atoms with Gasteiger partial charge in [-0.3, -0.25) is 0 Å². The Labute approximate surface area is 408 Å². The number of benzene rings is 10. The lowest BCUT2D eigenvalue weighted by atomic mass is 9.90. The number of aromatic nitrogens is 4. The van der Waals surface area contributed by atoms with Gasteiger partial charge >= 0.3 is 6.18 Å². The highest BCUT2D eigenvalue weighted by molar-refractivity contribution is 6.28. The first-order chi connectivity index (χ1) is 35.3. The van der Waals surface area contributed by atoms with E-state index in [1.165, 1.54) is 12.1 Å². The Kier molecular flexibility index (Phi) is 8.77. The topological polar surface area (TPSA) is 67.3 Å². The van der Waals surface area contributed by atoms with Crippen LogP contribution in [0.4, 0.5) is 13.2 Å². The SMILES string of the molecule is N#Cc1cc(-n2c3ccccc3c3ccc4c(c5ccccc5n4-c4ccccc4)c32)c(-n2c3ccccc3c3ccc4c(c5ccccc5n4-c4ccccc4)c32)cc1-c1c(C#N)cccc1C(F)(F)F. The number of hydrogen-bond donors (Lipinski definition) is 0. The Bertz CT molecular complexity index is 4690. The van der Waals surface area contributed by atoms with Crippen molar-refractivity contribution in [2.24, 2.45) is 0 Å². The number of rotatable bonds is 5.